The lowest BCUT2D eigenvalue weighted by Crippen LogP contribution is -2.34. The lowest BCUT2D eigenvalue weighted by atomic mass is 10.1. The number of carboxylic acid groups (broad SMARTS) is 1. The Hall–Kier alpha value is -2.28. The maximum atomic E-state index is 12.5. The molecule has 7 heteroatoms. The summed E-state index contributed by atoms with van der Waals surface area (Å²) in [6.45, 7) is 10.2. The molecule has 1 N–H and O–H groups in total. The Morgan fingerprint density at radius 2 is 1.53 bits per heavy atom. The second kappa shape index (κ2) is 18.1. The molecule has 0 fully saturated rings. The zero-order chi connectivity index (χ0) is 25.2. The van der Waals surface area contributed by atoms with E-state index in [1.165, 1.54) is 19.3 Å². The maximum absolute atomic E-state index is 12.5. The van der Waals surface area contributed by atoms with Gasteiger partial charge in [-0.3, -0.25) is 0 Å². The average Bonchev–Trinajstić information content (AvgIpc) is 2.80. The Bertz CT molecular complexity index is 676. The molecule has 0 saturated heterocycles. The molecule has 194 valence electrons. The molecule has 7 nitrogen and oxygen atoms in total. The van der Waals surface area contributed by atoms with Crippen molar-refractivity contribution in [3.63, 3.8) is 0 Å². The zero-order valence-corrected chi connectivity index (χ0v) is 21.6. The van der Waals surface area contributed by atoms with Gasteiger partial charge in [0, 0.05) is 19.5 Å². The van der Waals surface area contributed by atoms with Gasteiger partial charge in [0.15, 0.2) is 6.10 Å². The molecule has 0 saturated carbocycles. The van der Waals surface area contributed by atoms with Crippen molar-refractivity contribution in [3.8, 4) is 5.75 Å². The van der Waals surface area contributed by atoms with E-state index in [2.05, 4.69) is 13.8 Å². The van der Waals surface area contributed by atoms with Crippen LogP contribution >= 0.6 is 0 Å². The molecule has 0 radical (unpaired) electrons. The molecule has 0 heterocycles. The summed E-state index contributed by atoms with van der Waals surface area (Å²) in [5.41, 5.74) is 0.879. The number of rotatable bonds is 19. The fourth-order valence-corrected chi connectivity index (χ4v) is 3.50. The normalized spacial score (nSPS) is 11.9. The molecule has 0 aliphatic rings. The summed E-state index contributed by atoms with van der Waals surface area (Å²) in [5, 5.41) is 9.33. The number of aliphatic carboxylic acids is 1. The lowest BCUT2D eigenvalue weighted by Gasteiger charge is -2.22. The van der Waals surface area contributed by atoms with Crippen molar-refractivity contribution >= 4 is 12.1 Å². The Labute approximate surface area is 205 Å². The maximum Gasteiger partial charge on any atom is 0.409 e. The first kappa shape index (κ1) is 29.8. The minimum Gasteiger partial charge on any atom is -0.494 e. The lowest BCUT2D eigenvalue weighted by molar-refractivity contribution is -0.153. The van der Waals surface area contributed by atoms with Crippen molar-refractivity contribution in [3.05, 3.63) is 29.8 Å². The number of carbonyl (C=O) groups excluding carboxylic acids is 1. The minimum absolute atomic E-state index is 0.150. The van der Waals surface area contributed by atoms with E-state index in [4.69, 9.17) is 14.2 Å². The van der Waals surface area contributed by atoms with Gasteiger partial charge in [0.2, 0.25) is 0 Å². The van der Waals surface area contributed by atoms with Crippen molar-refractivity contribution in [2.75, 3.05) is 26.3 Å². The molecule has 1 unspecified atom stereocenters. The highest BCUT2D eigenvalue weighted by Gasteiger charge is 2.20. The number of nitrogens with zero attached hydrogens (tertiary/aromatic N) is 1. The zero-order valence-electron chi connectivity index (χ0n) is 21.6. The van der Waals surface area contributed by atoms with E-state index >= 15 is 0 Å². The van der Waals surface area contributed by atoms with E-state index in [1.807, 2.05) is 38.1 Å². The van der Waals surface area contributed by atoms with Crippen molar-refractivity contribution in [1.82, 2.24) is 4.90 Å². The van der Waals surface area contributed by atoms with Gasteiger partial charge in [0.1, 0.15) is 5.75 Å². The van der Waals surface area contributed by atoms with Crippen LogP contribution in [-0.4, -0.2) is 60.6 Å². The number of hydrogen-bond acceptors (Lipinski definition) is 5. The van der Waals surface area contributed by atoms with Crippen molar-refractivity contribution < 1.29 is 28.9 Å². The number of unbranched alkanes of at least 4 members (excludes halogenated alkanes) is 5. The number of carboxylic acids is 1. The molecular formula is C27H45NO6. The van der Waals surface area contributed by atoms with E-state index in [9.17, 15) is 14.7 Å². The molecule has 0 aromatic heterocycles. The van der Waals surface area contributed by atoms with Crippen molar-refractivity contribution in [2.24, 2.45) is 0 Å². The molecule has 0 bridgehead atoms. The SMILES string of the molecule is CCCCCCCN(CCCOc1ccc(CC(OC(C)C)C(=O)O)cc1)C(=O)OCCCC. The van der Waals surface area contributed by atoms with Crippen LogP contribution in [0.3, 0.4) is 0 Å². The van der Waals surface area contributed by atoms with Crippen molar-refractivity contribution in [2.45, 2.75) is 97.7 Å². The van der Waals surface area contributed by atoms with Crippen LogP contribution in [0, 0.1) is 0 Å². The Morgan fingerprint density at radius 1 is 0.882 bits per heavy atom. The molecule has 1 rings (SSSR count). The number of benzene rings is 1. The summed E-state index contributed by atoms with van der Waals surface area (Å²) in [6.07, 6.45) is 7.40. The molecule has 0 aliphatic carbocycles. The highest BCUT2D eigenvalue weighted by atomic mass is 16.6. The molecule has 1 atom stereocenters. The highest BCUT2D eigenvalue weighted by molar-refractivity contribution is 5.72. The third kappa shape index (κ3) is 13.4. The van der Waals surface area contributed by atoms with Gasteiger partial charge in [-0.15, -0.1) is 0 Å². The fraction of sp³-hybridized carbons (Fsp3) is 0.704. The molecule has 34 heavy (non-hydrogen) atoms. The molecule has 1 amide bonds. The molecule has 1 aromatic rings. The van der Waals surface area contributed by atoms with Gasteiger partial charge < -0.3 is 24.2 Å². The summed E-state index contributed by atoms with van der Waals surface area (Å²) in [4.78, 5) is 25.6. The Balaban J connectivity index is 2.47. The van der Waals surface area contributed by atoms with Crippen LogP contribution in [0.1, 0.15) is 84.6 Å². The molecule has 0 spiro atoms. The van der Waals surface area contributed by atoms with E-state index in [-0.39, 0.29) is 12.2 Å². The van der Waals surface area contributed by atoms with Gasteiger partial charge in [-0.2, -0.15) is 0 Å². The number of carbonyl (C=O) groups is 2. The van der Waals surface area contributed by atoms with Gasteiger partial charge in [0.25, 0.3) is 0 Å². The Morgan fingerprint density at radius 3 is 2.15 bits per heavy atom. The first-order chi connectivity index (χ1) is 16.4. The van der Waals surface area contributed by atoms with E-state index in [1.54, 1.807) is 4.90 Å². The van der Waals surface area contributed by atoms with Crippen LogP contribution in [0.2, 0.25) is 0 Å². The number of ether oxygens (including phenoxy) is 3. The summed E-state index contributed by atoms with van der Waals surface area (Å²) in [7, 11) is 0. The predicted molar refractivity (Wildman–Crippen MR) is 134 cm³/mol. The third-order valence-corrected chi connectivity index (χ3v) is 5.41. The average molecular weight is 480 g/mol. The topological polar surface area (TPSA) is 85.3 Å². The largest absolute Gasteiger partial charge is 0.494 e. The van der Waals surface area contributed by atoms with Crippen molar-refractivity contribution in [1.29, 1.82) is 0 Å². The highest BCUT2D eigenvalue weighted by Crippen LogP contribution is 2.16. The summed E-state index contributed by atoms with van der Waals surface area (Å²) in [6, 6.07) is 7.41. The van der Waals surface area contributed by atoms with Crippen LogP contribution in [0.5, 0.6) is 5.75 Å². The van der Waals surface area contributed by atoms with Crippen LogP contribution in [0.4, 0.5) is 4.79 Å². The first-order valence-electron chi connectivity index (χ1n) is 12.9. The van der Waals surface area contributed by atoms with E-state index in [0.29, 0.717) is 39.1 Å². The smallest absolute Gasteiger partial charge is 0.409 e. The van der Waals surface area contributed by atoms with Gasteiger partial charge in [-0.05, 0) is 50.8 Å². The summed E-state index contributed by atoms with van der Waals surface area (Å²) >= 11 is 0. The second-order valence-corrected chi connectivity index (χ2v) is 8.93. The first-order valence-corrected chi connectivity index (χ1v) is 12.9. The third-order valence-electron chi connectivity index (χ3n) is 5.41. The van der Waals surface area contributed by atoms with Crippen LogP contribution in [0.25, 0.3) is 0 Å². The summed E-state index contributed by atoms with van der Waals surface area (Å²) in [5.74, 6) is -0.241. The Kier molecular flexibility index (Phi) is 15.8. The van der Waals surface area contributed by atoms with E-state index in [0.717, 1.165) is 37.0 Å². The van der Waals surface area contributed by atoms with Crippen LogP contribution < -0.4 is 4.74 Å². The number of hydrogen-bond donors (Lipinski definition) is 1. The quantitative estimate of drug-likeness (QED) is 0.242. The van der Waals surface area contributed by atoms with Crippen LogP contribution in [-0.2, 0) is 20.7 Å². The number of amides is 1. The van der Waals surface area contributed by atoms with Gasteiger partial charge in [-0.1, -0.05) is 58.1 Å². The predicted octanol–water partition coefficient (Wildman–Crippen LogP) is 6.09. The molecular weight excluding hydrogens is 434 g/mol. The second-order valence-electron chi connectivity index (χ2n) is 8.93. The van der Waals surface area contributed by atoms with E-state index < -0.39 is 12.1 Å². The van der Waals surface area contributed by atoms with Crippen LogP contribution in [0.15, 0.2) is 24.3 Å². The van der Waals surface area contributed by atoms with Gasteiger partial charge >= 0.3 is 12.1 Å². The standard InChI is InChI=1S/C27H45NO6/c1-5-7-9-10-11-17-28(27(31)33-19-8-6-2)18-12-20-32-24-15-13-23(14-16-24)21-25(26(29)30)34-22(3)4/h13-16,22,25H,5-12,17-21H2,1-4H3,(H,29,30). The fourth-order valence-electron chi connectivity index (χ4n) is 3.50. The monoisotopic (exact) mass is 479 g/mol. The molecule has 1 aromatic carbocycles. The van der Waals surface area contributed by atoms with Gasteiger partial charge in [-0.25, -0.2) is 9.59 Å². The minimum atomic E-state index is -0.961. The van der Waals surface area contributed by atoms with Gasteiger partial charge in [0.05, 0.1) is 19.3 Å². The molecule has 0 aliphatic heterocycles. The summed E-state index contributed by atoms with van der Waals surface area (Å²) < 4.78 is 16.7.